The summed E-state index contributed by atoms with van der Waals surface area (Å²) in [7, 11) is 0. The van der Waals surface area contributed by atoms with Crippen molar-refractivity contribution in [3.05, 3.63) is 102 Å². The molecule has 5 rings (SSSR count). The molecule has 1 aliphatic rings. The Morgan fingerprint density at radius 3 is 2.26 bits per heavy atom. The Bertz CT molecular complexity index is 1210. The molecule has 0 atom stereocenters. The van der Waals surface area contributed by atoms with Crippen molar-refractivity contribution in [2.45, 2.75) is 6.54 Å². The van der Waals surface area contributed by atoms with Gasteiger partial charge in [0, 0.05) is 43.6 Å². The Labute approximate surface area is 181 Å². The molecular weight excluding hydrogens is 389 g/mol. The minimum absolute atomic E-state index is 0.0281. The largest absolute Gasteiger partial charge is 0.366 e. The highest BCUT2D eigenvalue weighted by Gasteiger charge is 2.26. The van der Waals surface area contributed by atoms with Crippen molar-refractivity contribution in [2.24, 2.45) is 0 Å². The first-order valence-electron chi connectivity index (χ1n) is 10.6. The summed E-state index contributed by atoms with van der Waals surface area (Å²) in [6, 6.07) is 27.1. The Morgan fingerprint density at radius 1 is 0.806 bits per heavy atom. The zero-order valence-corrected chi connectivity index (χ0v) is 17.2. The zero-order chi connectivity index (χ0) is 21.2. The Morgan fingerprint density at radius 2 is 1.48 bits per heavy atom. The van der Waals surface area contributed by atoms with Gasteiger partial charge in [-0.25, -0.2) is 4.39 Å². The lowest BCUT2D eigenvalue weighted by molar-refractivity contribution is 0.0736. The van der Waals surface area contributed by atoms with Crippen molar-refractivity contribution in [3.8, 4) is 0 Å². The first kappa shape index (κ1) is 19.4. The van der Waals surface area contributed by atoms with Gasteiger partial charge in [0.15, 0.2) is 0 Å². The third kappa shape index (κ3) is 3.79. The number of hydrogen-bond acceptors (Lipinski definition) is 2. The van der Waals surface area contributed by atoms with Crippen LogP contribution in [0.15, 0.2) is 84.9 Å². The molecule has 2 heterocycles. The van der Waals surface area contributed by atoms with Crippen LogP contribution in [0.5, 0.6) is 0 Å². The number of aromatic nitrogens is 1. The smallest absolute Gasteiger partial charge is 0.270 e. The molecule has 0 saturated carbocycles. The molecule has 1 aliphatic heterocycles. The molecule has 156 valence electrons. The Kier molecular flexibility index (Phi) is 5.16. The molecule has 1 aromatic heterocycles. The molecule has 31 heavy (non-hydrogen) atoms. The van der Waals surface area contributed by atoms with E-state index in [2.05, 4.69) is 22.8 Å². The number of para-hydroxylation sites is 2. The van der Waals surface area contributed by atoms with Crippen molar-refractivity contribution >= 4 is 22.5 Å². The summed E-state index contributed by atoms with van der Waals surface area (Å²) in [5, 5.41) is 1.06. The lowest BCUT2D eigenvalue weighted by Crippen LogP contribution is -2.49. The molecule has 4 nitrogen and oxygen atoms in total. The highest BCUT2D eigenvalue weighted by molar-refractivity contribution is 5.99. The summed E-state index contributed by atoms with van der Waals surface area (Å²) >= 11 is 0. The van der Waals surface area contributed by atoms with E-state index in [1.807, 2.05) is 58.3 Å². The van der Waals surface area contributed by atoms with Gasteiger partial charge < -0.3 is 14.4 Å². The summed E-state index contributed by atoms with van der Waals surface area (Å²) in [4.78, 5) is 17.4. The maximum atomic E-state index is 14.1. The normalized spacial score (nSPS) is 14.2. The highest BCUT2D eigenvalue weighted by Crippen LogP contribution is 2.24. The summed E-state index contributed by atoms with van der Waals surface area (Å²) in [5.41, 5.74) is 3.51. The Hall–Kier alpha value is -3.60. The number of carbonyl (C=O) groups is 1. The minimum atomic E-state index is -0.217. The standard InChI is InChI=1S/C26H24FN3O/c27-22-11-5-7-13-24(22)28-14-16-29(17-15-28)26(31)25-18-21-10-4-6-12-23(21)30(25)19-20-8-2-1-3-9-20/h1-13,18H,14-17,19H2. The van der Waals surface area contributed by atoms with E-state index >= 15 is 0 Å². The molecule has 0 unspecified atom stereocenters. The van der Waals surface area contributed by atoms with Gasteiger partial charge in [-0.05, 0) is 29.8 Å². The number of piperazine rings is 1. The second-order valence-corrected chi connectivity index (χ2v) is 7.89. The van der Waals surface area contributed by atoms with Gasteiger partial charge in [0.2, 0.25) is 0 Å². The van der Waals surface area contributed by atoms with Gasteiger partial charge in [0.1, 0.15) is 11.5 Å². The summed E-state index contributed by atoms with van der Waals surface area (Å²) < 4.78 is 16.3. The van der Waals surface area contributed by atoms with Crippen LogP contribution >= 0.6 is 0 Å². The first-order chi connectivity index (χ1) is 15.2. The van der Waals surface area contributed by atoms with Crippen LogP contribution in [0.25, 0.3) is 10.9 Å². The topological polar surface area (TPSA) is 28.5 Å². The second kappa shape index (κ2) is 8.26. The van der Waals surface area contributed by atoms with Gasteiger partial charge in [-0.3, -0.25) is 4.79 Å². The number of anilines is 1. The van der Waals surface area contributed by atoms with E-state index in [1.54, 1.807) is 12.1 Å². The van der Waals surface area contributed by atoms with E-state index in [9.17, 15) is 9.18 Å². The molecule has 0 N–H and O–H groups in total. The number of nitrogens with zero attached hydrogens (tertiary/aromatic N) is 3. The van der Waals surface area contributed by atoms with E-state index in [1.165, 1.54) is 6.07 Å². The minimum Gasteiger partial charge on any atom is -0.366 e. The van der Waals surface area contributed by atoms with Crippen molar-refractivity contribution < 1.29 is 9.18 Å². The molecule has 3 aromatic carbocycles. The van der Waals surface area contributed by atoms with Crippen molar-refractivity contribution in [3.63, 3.8) is 0 Å². The highest BCUT2D eigenvalue weighted by atomic mass is 19.1. The zero-order valence-electron chi connectivity index (χ0n) is 17.2. The number of amides is 1. The third-order valence-electron chi connectivity index (χ3n) is 5.97. The van der Waals surface area contributed by atoms with Gasteiger partial charge in [0.05, 0.1) is 5.69 Å². The predicted octanol–water partition coefficient (Wildman–Crippen LogP) is 4.79. The molecule has 5 heteroatoms. The van der Waals surface area contributed by atoms with Crippen LogP contribution < -0.4 is 4.90 Å². The number of hydrogen-bond donors (Lipinski definition) is 0. The lowest BCUT2D eigenvalue weighted by Gasteiger charge is -2.36. The molecule has 1 fully saturated rings. The number of benzene rings is 3. The van der Waals surface area contributed by atoms with Gasteiger partial charge in [-0.1, -0.05) is 60.7 Å². The van der Waals surface area contributed by atoms with Crippen molar-refractivity contribution in [1.82, 2.24) is 9.47 Å². The third-order valence-corrected chi connectivity index (χ3v) is 5.97. The summed E-state index contributed by atoms with van der Waals surface area (Å²) in [6.45, 7) is 3.02. The monoisotopic (exact) mass is 413 g/mol. The number of carbonyl (C=O) groups excluding carboxylic acids is 1. The van der Waals surface area contributed by atoms with E-state index in [-0.39, 0.29) is 11.7 Å². The van der Waals surface area contributed by atoms with E-state index in [0.29, 0.717) is 44.1 Å². The molecule has 4 aromatic rings. The first-order valence-corrected chi connectivity index (χ1v) is 10.6. The lowest BCUT2D eigenvalue weighted by atomic mass is 10.2. The fourth-order valence-electron chi connectivity index (χ4n) is 4.34. The van der Waals surface area contributed by atoms with Crippen LogP contribution in [0.4, 0.5) is 10.1 Å². The van der Waals surface area contributed by atoms with Gasteiger partial charge in [-0.2, -0.15) is 0 Å². The predicted molar refractivity (Wildman–Crippen MR) is 122 cm³/mol. The fourth-order valence-corrected chi connectivity index (χ4v) is 4.34. The maximum absolute atomic E-state index is 14.1. The molecular formula is C26H24FN3O. The van der Waals surface area contributed by atoms with E-state index in [0.717, 1.165) is 16.5 Å². The average molecular weight is 413 g/mol. The molecule has 1 saturated heterocycles. The van der Waals surface area contributed by atoms with E-state index in [4.69, 9.17) is 0 Å². The van der Waals surface area contributed by atoms with Crippen LogP contribution in [-0.4, -0.2) is 41.6 Å². The molecule has 0 aliphatic carbocycles. The van der Waals surface area contributed by atoms with Crippen molar-refractivity contribution in [1.29, 1.82) is 0 Å². The molecule has 0 radical (unpaired) electrons. The quantitative estimate of drug-likeness (QED) is 0.481. The van der Waals surface area contributed by atoms with Crippen LogP contribution in [0.2, 0.25) is 0 Å². The number of fused-ring (bicyclic) bond motifs is 1. The Balaban J connectivity index is 1.40. The van der Waals surface area contributed by atoms with Crippen LogP contribution in [0, 0.1) is 5.82 Å². The van der Waals surface area contributed by atoms with Crippen LogP contribution in [0.1, 0.15) is 16.1 Å². The molecule has 0 spiro atoms. The van der Waals surface area contributed by atoms with Crippen LogP contribution in [-0.2, 0) is 6.54 Å². The number of rotatable bonds is 4. The summed E-state index contributed by atoms with van der Waals surface area (Å²) in [5.74, 6) is -0.189. The average Bonchev–Trinajstić information content (AvgIpc) is 3.18. The van der Waals surface area contributed by atoms with Gasteiger partial charge in [0.25, 0.3) is 5.91 Å². The van der Waals surface area contributed by atoms with E-state index < -0.39 is 0 Å². The van der Waals surface area contributed by atoms with Crippen molar-refractivity contribution in [2.75, 3.05) is 31.1 Å². The SMILES string of the molecule is O=C(c1cc2ccccc2n1Cc1ccccc1)N1CCN(c2ccccc2F)CC1. The van der Waals surface area contributed by atoms with Gasteiger partial charge in [-0.15, -0.1) is 0 Å². The molecule has 1 amide bonds. The second-order valence-electron chi connectivity index (χ2n) is 7.89. The maximum Gasteiger partial charge on any atom is 0.270 e. The summed E-state index contributed by atoms with van der Waals surface area (Å²) in [6.07, 6.45) is 0. The van der Waals surface area contributed by atoms with Gasteiger partial charge >= 0.3 is 0 Å². The van der Waals surface area contributed by atoms with Crippen LogP contribution in [0.3, 0.4) is 0 Å². The molecule has 0 bridgehead atoms. The fraction of sp³-hybridized carbons (Fsp3) is 0.192. The number of halogens is 1.